The molecule has 5 nitrogen and oxygen atoms in total. The van der Waals surface area contributed by atoms with Gasteiger partial charge in [-0.3, -0.25) is 4.99 Å². The van der Waals surface area contributed by atoms with Gasteiger partial charge in [-0.1, -0.05) is 13.0 Å². The number of rotatable bonds is 4. The topological polar surface area (TPSA) is 52.0 Å². The molecule has 1 unspecified atom stereocenters. The Morgan fingerprint density at radius 1 is 1.55 bits per heavy atom. The Balaban J connectivity index is 2.92. The highest BCUT2D eigenvalue weighted by Crippen LogP contribution is 2.31. The van der Waals surface area contributed by atoms with Gasteiger partial charge in [0.2, 0.25) is 5.96 Å². The molecule has 124 valence electrons. The van der Waals surface area contributed by atoms with E-state index < -0.39 is 0 Å². The highest BCUT2D eigenvalue weighted by Gasteiger charge is 2.31. The van der Waals surface area contributed by atoms with Crippen molar-refractivity contribution in [3.8, 4) is 0 Å². The Morgan fingerprint density at radius 2 is 2.23 bits per heavy atom. The number of hydrogen-bond acceptors (Lipinski definition) is 2. The van der Waals surface area contributed by atoms with E-state index in [4.69, 9.17) is 12.2 Å². The second-order valence-electron chi connectivity index (χ2n) is 5.65. The van der Waals surface area contributed by atoms with Crippen molar-refractivity contribution in [2.45, 2.75) is 32.9 Å². The number of allylic oxidation sites excluding steroid dienone is 2. The van der Waals surface area contributed by atoms with Gasteiger partial charge in [0.05, 0.1) is 5.83 Å². The zero-order valence-corrected chi connectivity index (χ0v) is 14.6. The van der Waals surface area contributed by atoms with Crippen molar-refractivity contribution in [3.63, 3.8) is 0 Å². The summed E-state index contributed by atoms with van der Waals surface area (Å²) in [5.41, 5.74) is 0. The van der Waals surface area contributed by atoms with E-state index in [-0.39, 0.29) is 23.8 Å². The minimum Gasteiger partial charge on any atom is -0.355 e. The number of guanidine groups is 1. The van der Waals surface area contributed by atoms with Crippen LogP contribution in [0.1, 0.15) is 26.7 Å². The third-order valence-corrected chi connectivity index (χ3v) is 4.20. The second-order valence-corrected chi connectivity index (χ2v) is 6.04. The molecule has 0 aromatic rings. The van der Waals surface area contributed by atoms with Crippen molar-refractivity contribution in [2.75, 3.05) is 20.6 Å². The minimum atomic E-state index is -0.176. The number of aliphatic imine (C=N–C) groups is 2. The summed E-state index contributed by atoms with van der Waals surface area (Å²) in [7, 11) is 3.76. The maximum atomic E-state index is 13.4. The zero-order chi connectivity index (χ0) is 16.7. The van der Waals surface area contributed by atoms with E-state index in [2.05, 4.69) is 27.3 Å². The normalized spacial score (nSPS) is 23.3. The Morgan fingerprint density at radius 3 is 2.73 bits per heavy atom. The molecule has 0 aliphatic heterocycles. The molecule has 1 aliphatic carbocycles. The van der Waals surface area contributed by atoms with Gasteiger partial charge < -0.3 is 15.5 Å². The van der Waals surface area contributed by atoms with Crippen molar-refractivity contribution in [2.24, 2.45) is 21.8 Å². The monoisotopic (exact) mass is 327 g/mol. The summed E-state index contributed by atoms with van der Waals surface area (Å²) < 4.78 is 13.4. The van der Waals surface area contributed by atoms with Crippen LogP contribution in [0.5, 0.6) is 0 Å². The lowest BCUT2D eigenvalue weighted by molar-refractivity contribution is 0.240. The summed E-state index contributed by atoms with van der Waals surface area (Å²) in [6.45, 7) is 8.13. The van der Waals surface area contributed by atoms with Crippen molar-refractivity contribution < 1.29 is 4.39 Å². The fraction of sp³-hybridized carbons (Fsp3) is 0.667. The van der Waals surface area contributed by atoms with Crippen molar-refractivity contribution in [1.29, 1.82) is 0 Å². The molecule has 3 atom stereocenters. The lowest BCUT2D eigenvalue weighted by Crippen LogP contribution is -2.55. The molecule has 1 aliphatic rings. The van der Waals surface area contributed by atoms with Gasteiger partial charge in [0.1, 0.15) is 6.17 Å². The van der Waals surface area contributed by atoms with Crippen LogP contribution in [0.2, 0.25) is 0 Å². The van der Waals surface area contributed by atoms with Gasteiger partial charge in [-0.15, -0.1) is 0 Å². The maximum absolute atomic E-state index is 13.4. The second kappa shape index (κ2) is 8.82. The first-order valence-electron chi connectivity index (χ1n) is 7.49. The van der Waals surface area contributed by atoms with Crippen LogP contribution >= 0.6 is 12.2 Å². The van der Waals surface area contributed by atoms with Crippen LogP contribution in [0.25, 0.3) is 0 Å². The number of thiocarbonyl (C=S) groups is 1. The van der Waals surface area contributed by atoms with Crippen LogP contribution in [-0.2, 0) is 0 Å². The Kier molecular flexibility index (Phi) is 7.44. The summed E-state index contributed by atoms with van der Waals surface area (Å²) >= 11 is 5.34. The maximum Gasteiger partial charge on any atom is 0.218 e. The lowest BCUT2D eigenvalue weighted by Gasteiger charge is -2.36. The number of nitrogens with zero attached hydrogens (tertiary/aromatic N) is 3. The van der Waals surface area contributed by atoms with Crippen LogP contribution in [-0.4, -0.2) is 49.5 Å². The highest BCUT2D eigenvalue weighted by atomic mass is 32.1. The quantitative estimate of drug-likeness (QED) is 0.360. The number of hydrogen-bond donors (Lipinski definition) is 2. The zero-order valence-electron chi connectivity index (χ0n) is 13.8. The highest BCUT2D eigenvalue weighted by molar-refractivity contribution is 7.80. The van der Waals surface area contributed by atoms with E-state index in [0.29, 0.717) is 30.5 Å². The van der Waals surface area contributed by atoms with E-state index in [0.717, 1.165) is 0 Å². The van der Waals surface area contributed by atoms with Gasteiger partial charge >= 0.3 is 0 Å². The van der Waals surface area contributed by atoms with E-state index >= 15 is 0 Å². The molecule has 2 N–H and O–H groups in total. The third kappa shape index (κ3) is 5.36. The molecular weight excluding hydrogens is 301 g/mol. The first-order chi connectivity index (χ1) is 10.4. The molecule has 0 saturated heterocycles. The van der Waals surface area contributed by atoms with Crippen molar-refractivity contribution in [3.05, 3.63) is 11.9 Å². The smallest absolute Gasteiger partial charge is 0.218 e. The third-order valence-electron chi connectivity index (χ3n) is 3.71. The van der Waals surface area contributed by atoms with Crippen LogP contribution in [0.15, 0.2) is 21.9 Å². The predicted molar refractivity (Wildman–Crippen MR) is 94.9 cm³/mol. The Bertz CT molecular complexity index is 461. The number of halogens is 1. The summed E-state index contributed by atoms with van der Waals surface area (Å²) in [5, 5.41) is 7.14. The molecule has 0 aromatic heterocycles. The lowest BCUT2D eigenvalue weighted by atomic mass is 9.81. The minimum absolute atomic E-state index is 0.0398. The van der Waals surface area contributed by atoms with E-state index in [1.807, 2.05) is 32.8 Å². The van der Waals surface area contributed by atoms with Gasteiger partial charge in [0.25, 0.3) is 0 Å². The summed E-state index contributed by atoms with van der Waals surface area (Å²) in [5.74, 6) is 0.805. The molecule has 22 heavy (non-hydrogen) atoms. The van der Waals surface area contributed by atoms with Gasteiger partial charge in [0, 0.05) is 33.0 Å². The standard InChI is InChI=1S/C15H26FN5S/c1-6-18-14(17-3)19-13(20-15(22)21(4)5)12-8-7-11(16)9-10(12)2/h7,10,12-13H,3,6,8-9H2,1-2,4-5H3,(H,18,19)(H,20,22)/t10?,12-,13+/m1/s1. The van der Waals surface area contributed by atoms with E-state index in [1.165, 1.54) is 0 Å². The number of nitrogens with one attached hydrogen (secondary N) is 2. The van der Waals surface area contributed by atoms with Crippen LogP contribution < -0.4 is 10.6 Å². The Labute approximate surface area is 137 Å². The average Bonchev–Trinajstić information content (AvgIpc) is 2.45. The molecule has 0 spiro atoms. The first kappa shape index (κ1) is 18.5. The molecule has 0 fully saturated rings. The van der Waals surface area contributed by atoms with Gasteiger partial charge in [0.15, 0.2) is 5.11 Å². The molecule has 0 amide bonds. The summed E-state index contributed by atoms with van der Waals surface area (Å²) in [4.78, 5) is 9.99. The van der Waals surface area contributed by atoms with Crippen molar-refractivity contribution in [1.82, 2.24) is 15.5 Å². The van der Waals surface area contributed by atoms with Gasteiger partial charge in [-0.2, -0.15) is 0 Å². The molecule has 0 heterocycles. The summed E-state index contributed by atoms with van der Waals surface area (Å²) in [6.07, 6.45) is 2.56. The first-order valence-corrected chi connectivity index (χ1v) is 7.89. The van der Waals surface area contributed by atoms with Gasteiger partial charge in [-0.05, 0) is 38.2 Å². The molecule has 0 bridgehead atoms. The fourth-order valence-corrected chi connectivity index (χ4v) is 2.57. The average molecular weight is 327 g/mol. The fourth-order valence-electron chi connectivity index (χ4n) is 2.45. The van der Waals surface area contributed by atoms with Crippen LogP contribution in [0.3, 0.4) is 0 Å². The largest absolute Gasteiger partial charge is 0.355 e. The molecule has 0 radical (unpaired) electrons. The molecule has 1 rings (SSSR count). The van der Waals surface area contributed by atoms with Gasteiger partial charge in [-0.25, -0.2) is 9.38 Å². The predicted octanol–water partition coefficient (Wildman–Crippen LogP) is 2.31. The van der Waals surface area contributed by atoms with Crippen LogP contribution in [0.4, 0.5) is 4.39 Å². The molecular formula is C15H26FN5S. The molecule has 7 heteroatoms. The van der Waals surface area contributed by atoms with Crippen LogP contribution in [0, 0.1) is 11.8 Å². The summed E-state index contributed by atoms with van der Waals surface area (Å²) in [6, 6.07) is 0. The Hall–Kier alpha value is -1.50. The van der Waals surface area contributed by atoms with E-state index in [1.54, 1.807) is 6.08 Å². The SMILES string of the molecule is C=NC(=NCC)N[C@@H](NC(=S)N(C)C)[C@@H]1CC=C(F)CC1C. The molecule has 0 saturated carbocycles. The molecule has 0 aromatic carbocycles. The van der Waals surface area contributed by atoms with Crippen molar-refractivity contribution >= 4 is 30.0 Å². The van der Waals surface area contributed by atoms with E-state index in [9.17, 15) is 4.39 Å².